The molecule has 2 aromatic carbocycles. The van der Waals surface area contributed by atoms with Crippen molar-refractivity contribution in [3.8, 4) is 5.75 Å². The lowest BCUT2D eigenvalue weighted by molar-refractivity contribution is -0.384. The molecule has 0 unspecified atom stereocenters. The number of hydrogen-bond donors (Lipinski definition) is 0. The fourth-order valence-electron chi connectivity index (χ4n) is 2.19. The van der Waals surface area contributed by atoms with Crippen LogP contribution >= 0.6 is 11.6 Å². The van der Waals surface area contributed by atoms with Crippen LogP contribution in [0.5, 0.6) is 5.75 Å². The van der Waals surface area contributed by atoms with Gasteiger partial charge in [-0.05, 0) is 12.1 Å². The van der Waals surface area contributed by atoms with Crippen molar-refractivity contribution < 1.29 is 14.1 Å². The standard InChI is InChI=1S/C15H10ClFN2O3/c16-12-3-1-2-10(15(12)17)9-18-6-7-22-14-5-4-11(19(20)21)8-13(14)18/h1-8H,9H2. The molecule has 3 rings (SSSR count). The highest BCUT2D eigenvalue weighted by Crippen LogP contribution is 2.36. The first-order valence-electron chi connectivity index (χ1n) is 6.37. The summed E-state index contributed by atoms with van der Waals surface area (Å²) in [5.74, 6) is -0.0356. The zero-order valence-corrected chi connectivity index (χ0v) is 12.0. The van der Waals surface area contributed by atoms with E-state index in [2.05, 4.69) is 0 Å². The Kier molecular flexibility index (Phi) is 3.68. The molecule has 5 nitrogen and oxygen atoms in total. The van der Waals surface area contributed by atoms with Crippen LogP contribution in [0.3, 0.4) is 0 Å². The van der Waals surface area contributed by atoms with E-state index in [-0.39, 0.29) is 17.3 Å². The van der Waals surface area contributed by atoms with E-state index in [1.165, 1.54) is 30.5 Å². The smallest absolute Gasteiger partial charge is 0.271 e. The van der Waals surface area contributed by atoms with E-state index >= 15 is 0 Å². The van der Waals surface area contributed by atoms with Gasteiger partial charge >= 0.3 is 0 Å². The molecule has 22 heavy (non-hydrogen) atoms. The van der Waals surface area contributed by atoms with Crippen molar-refractivity contribution in [2.24, 2.45) is 0 Å². The molecule has 7 heteroatoms. The van der Waals surface area contributed by atoms with Gasteiger partial charge in [-0.2, -0.15) is 0 Å². The van der Waals surface area contributed by atoms with Gasteiger partial charge in [-0.15, -0.1) is 0 Å². The zero-order valence-electron chi connectivity index (χ0n) is 11.2. The van der Waals surface area contributed by atoms with Crippen LogP contribution in [0, 0.1) is 15.9 Å². The number of nitro benzene ring substituents is 1. The van der Waals surface area contributed by atoms with Gasteiger partial charge in [0.2, 0.25) is 0 Å². The molecule has 0 radical (unpaired) electrons. The van der Waals surface area contributed by atoms with Gasteiger partial charge in [-0.25, -0.2) is 4.39 Å². The molecule has 0 atom stereocenters. The van der Waals surface area contributed by atoms with Crippen molar-refractivity contribution >= 4 is 23.0 Å². The lowest BCUT2D eigenvalue weighted by Gasteiger charge is -2.26. The lowest BCUT2D eigenvalue weighted by atomic mass is 10.1. The summed E-state index contributed by atoms with van der Waals surface area (Å²) in [6, 6.07) is 8.99. The average Bonchev–Trinajstić information content (AvgIpc) is 2.51. The van der Waals surface area contributed by atoms with Crippen LogP contribution in [-0.4, -0.2) is 4.92 Å². The molecule has 1 aliphatic rings. The Hall–Kier alpha value is -2.60. The maximum absolute atomic E-state index is 14.0. The fraction of sp³-hybridized carbons (Fsp3) is 0.0667. The molecule has 0 aromatic heterocycles. The molecule has 0 aliphatic carbocycles. The Balaban J connectivity index is 1.97. The number of rotatable bonds is 3. The molecule has 0 N–H and O–H groups in total. The largest absolute Gasteiger partial charge is 0.461 e. The van der Waals surface area contributed by atoms with Gasteiger partial charge in [0, 0.05) is 23.9 Å². The Bertz CT molecular complexity index is 779. The van der Waals surface area contributed by atoms with Crippen LogP contribution in [0.4, 0.5) is 15.8 Å². The Morgan fingerprint density at radius 1 is 1.32 bits per heavy atom. The molecule has 0 bridgehead atoms. The first kappa shape index (κ1) is 14.3. The van der Waals surface area contributed by atoms with Crippen LogP contribution < -0.4 is 9.64 Å². The normalized spacial score (nSPS) is 12.7. The minimum absolute atomic E-state index is 0.0361. The summed E-state index contributed by atoms with van der Waals surface area (Å²) in [6.45, 7) is 0.181. The molecular weight excluding hydrogens is 311 g/mol. The van der Waals surface area contributed by atoms with Crippen molar-refractivity contribution in [1.29, 1.82) is 0 Å². The minimum Gasteiger partial charge on any atom is -0.461 e. The number of halogens is 2. The van der Waals surface area contributed by atoms with E-state index in [0.717, 1.165) is 0 Å². The van der Waals surface area contributed by atoms with Gasteiger partial charge in [0.05, 0.1) is 22.2 Å². The predicted octanol–water partition coefficient (Wildman–Crippen LogP) is 4.26. The number of non-ortho nitro benzene ring substituents is 1. The Morgan fingerprint density at radius 3 is 2.91 bits per heavy atom. The topological polar surface area (TPSA) is 55.6 Å². The second kappa shape index (κ2) is 5.65. The summed E-state index contributed by atoms with van der Waals surface area (Å²) < 4.78 is 19.3. The van der Waals surface area contributed by atoms with Crippen LogP contribution in [0.1, 0.15) is 5.56 Å². The fourth-order valence-corrected chi connectivity index (χ4v) is 2.39. The van der Waals surface area contributed by atoms with E-state index in [0.29, 0.717) is 17.0 Å². The quantitative estimate of drug-likeness (QED) is 0.626. The molecular formula is C15H10ClFN2O3. The molecule has 0 spiro atoms. The van der Waals surface area contributed by atoms with Crippen LogP contribution in [0.15, 0.2) is 48.9 Å². The average molecular weight is 321 g/mol. The first-order valence-corrected chi connectivity index (χ1v) is 6.75. The summed E-state index contributed by atoms with van der Waals surface area (Å²) in [7, 11) is 0. The summed E-state index contributed by atoms with van der Waals surface area (Å²) >= 11 is 5.77. The second-order valence-electron chi connectivity index (χ2n) is 4.65. The number of nitrogens with zero attached hydrogens (tertiary/aromatic N) is 2. The lowest BCUT2D eigenvalue weighted by Crippen LogP contribution is -2.20. The van der Waals surface area contributed by atoms with E-state index < -0.39 is 10.7 Å². The number of hydrogen-bond acceptors (Lipinski definition) is 4. The summed E-state index contributed by atoms with van der Waals surface area (Å²) in [5, 5.41) is 10.9. The van der Waals surface area contributed by atoms with Crippen molar-refractivity contribution in [2.75, 3.05) is 4.90 Å². The molecule has 0 fully saturated rings. The highest BCUT2D eigenvalue weighted by molar-refractivity contribution is 6.30. The van der Waals surface area contributed by atoms with Gasteiger partial charge in [0.15, 0.2) is 5.75 Å². The van der Waals surface area contributed by atoms with E-state index in [1.807, 2.05) is 0 Å². The predicted molar refractivity (Wildman–Crippen MR) is 80.5 cm³/mol. The van der Waals surface area contributed by atoms with E-state index in [1.54, 1.807) is 23.2 Å². The zero-order chi connectivity index (χ0) is 15.7. The van der Waals surface area contributed by atoms with Gasteiger partial charge in [-0.1, -0.05) is 23.7 Å². The van der Waals surface area contributed by atoms with Crippen molar-refractivity contribution in [3.05, 3.63) is 75.4 Å². The molecule has 0 saturated heterocycles. The third-order valence-corrected chi connectivity index (χ3v) is 3.56. The summed E-state index contributed by atoms with van der Waals surface area (Å²) in [4.78, 5) is 12.1. The first-order chi connectivity index (χ1) is 10.6. The summed E-state index contributed by atoms with van der Waals surface area (Å²) in [5.41, 5.74) is 0.821. The third-order valence-electron chi connectivity index (χ3n) is 3.27. The van der Waals surface area contributed by atoms with Gasteiger partial charge in [0.25, 0.3) is 5.69 Å². The minimum atomic E-state index is -0.504. The third kappa shape index (κ3) is 2.60. The van der Waals surface area contributed by atoms with E-state index in [4.69, 9.17) is 16.3 Å². The highest BCUT2D eigenvalue weighted by atomic mass is 35.5. The van der Waals surface area contributed by atoms with Crippen molar-refractivity contribution in [2.45, 2.75) is 6.54 Å². The number of fused-ring (bicyclic) bond motifs is 1. The van der Waals surface area contributed by atoms with Crippen LogP contribution in [-0.2, 0) is 6.54 Å². The van der Waals surface area contributed by atoms with E-state index in [9.17, 15) is 14.5 Å². The second-order valence-corrected chi connectivity index (χ2v) is 5.06. The number of nitro groups is 1. The summed E-state index contributed by atoms with van der Waals surface area (Å²) in [6.07, 6.45) is 3.03. The maximum Gasteiger partial charge on any atom is 0.271 e. The monoisotopic (exact) mass is 320 g/mol. The van der Waals surface area contributed by atoms with Gasteiger partial charge in [-0.3, -0.25) is 10.1 Å². The van der Waals surface area contributed by atoms with Crippen LogP contribution in [0.2, 0.25) is 5.02 Å². The molecule has 0 amide bonds. The molecule has 2 aromatic rings. The Labute approximate surface area is 130 Å². The number of anilines is 1. The highest BCUT2D eigenvalue weighted by Gasteiger charge is 2.20. The number of benzene rings is 2. The molecule has 1 heterocycles. The van der Waals surface area contributed by atoms with Crippen molar-refractivity contribution in [1.82, 2.24) is 0 Å². The molecule has 112 valence electrons. The van der Waals surface area contributed by atoms with Crippen LogP contribution in [0.25, 0.3) is 0 Å². The number of ether oxygens (including phenoxy) is 1. The molecule has 1 aliphatic heterocycles. The Morgan fingerprint density at radius 2 is 2.14 bits per heavy atom. The molecule has 0 saturated carbocycles. The SMILES string of the molecule is O=[N+]([O-])c1ccc2c(c1)N(Cc1cccc(Cl)c1F)C=CO2. The van der Waals surface area contributed by atoms with Gasteiger partial charge < -0.3 is 9.64 Å². The van der Waals surface area contributed by atoms with Crippen molar-refractivity contribution in [3.63, 3.8) is 0 Å². The maximum atomic E-state index is 14.0. The van der Waals surface area contributed by atoms with Gasteiger partial charge in [0.1, 0.15) is 12.1 Å².